The molecule has 0 bridgehead atoms. The molecule has 1 unspecified atom stereocenters. The smallest absolute Gasteiger partial charge is 0.125 e. The van der Waals surface area contributed by atoms with E-state index < -0.39 is 0 Å². The van der Waals surface area contributed by atoms with E-state index >= 15 is 0 Å². The largest absolute Gasteiger partial charge is 0.493 e. The predicted molar refractivity (Wildman–Crippen MR) is 85.6 cm³/mol. The van der Waals surface area contributed by atoms with Gasteiger partial charge in [-0.2, -0.15) is 0 Å². The van der Waals surface area contributed by atoms with Crippen molar-refractivity contribution in [1.29, 1.82) is 0 Å². The third-order valence-electron chi connectivity index (χ3n) is 3.42. The zero-order chi connectivity index (χ0) is 14.8. The summed E-state index contributed by atoms with van der Waals surface area (Å²) in [4.78, 5) is 0. The molecule has 2 rings (SSSR count). The number of likely N-dealkylation sites (N-methyl/N-ethyl adjacent to an activating group) is 1. The van der Waals surface area contributed by atoms with Gasteiger partial charge in [-0.15, -0.1) is 0 Å². The summed E-state index contributed by atoms with van der Waals surface area (Å²) >= 11 is 3.59. The van der Waals surface area contributed by atoms with Gasteiger partial charge in [-0.3, -0.25) is 0 Å². The molecule has 0 spiro atoms. The fourth-order valence-electron chi connectivity index (χ4n) is 2.36. The third-order valence-corrected chi connectivity index (χ3v) is 3.88. The zero-order valence-corrected chi connectivity index (χ0v) is 14.3. The monoisotopic (exact) mass is 341 g/mol. The molecule has 1 aliphatic heterocycles. The molecule has 0 amide bonds. The van der Waals surface area contributed by atoms with E-state index in [1.807, 2.05) is 7.05 Å². The van der Waals surface area contributed by atoms with Crippen LogP contribution in [0.3, 0.4) is 0 Å². The molecule has 0 aromatic heterocycles. The minimum atomic E-state index is -0.106. The van der Waals surface area contributed by atoms with Crippen LogP contribution in [-0.2, 0) is 17.6 Å². The lowest BCUT2D eigenvalue weighted by molar-refractivity contribution is -0.0135. The molecule has 1 aliphatic rings. The second-order valence-corrected chi connectivity index (χ2v) is 7.18. The summed E-state index contributed by atoms with van der Waals surface area (Å²) < 4.78 is 12.8. The summed E-state index contributed by atoms with van der Waals surface area (Å²) in [5.74, 6) is 1.07. The highest BCUT2D eigenvalue weighted by atomic mass is 79.9. The summed E-state index contributed by atoms with van der Waals surface area (Å²) in [5.41, 5.74) is 2.45. The Morgan fingerprint density at radius 3 is 2.80 bits per heavy atom. The first kappa shape index (κ1) is 15.8. The zero-order valence-electron chi connectivity index (χ0n) is 12.8. The van der Waals surface area contributed by atoms with Crippen LogP contribution in [0.25, 0.3) is 0 Å². The van der Waals surface area contributed by atoms with Crippen molar-refractivity contribution in [1.82, 2.24) is 5.32 Å². The number of hydrogen-bond donors (Lipinski definition) is 1. The fraction of sp³-hybridized carbons (Fsp3) is 0.625. The molecule has 20 heavy (non-hydrogen) atoms. The molecular weight excluding hydrogens is 318 g/mol. The topological polar surface area (TPSA) is 30.5 Å². The van der Waals surface area contributed by atoms with Gasteiger partial charge in [0.25, 0.3) is 0 Å². The first-order valence-corrected chi connectivity index (χ1v) is 7.93. The maximum absolute atomic E-state index is 5.89. The van der Waals surface area contributed by atoms with Crippen LogP contribution in [0.15, 0.2) is 16.6 Å². The first-order chi connectivity index (χ1) is 9.39. The van der Waals surface area contributed by atoms with E-state index in [1.54, 1.807) is 0 Å². The van der Waals surface area contributed by atoms with Crippen molar-refractivity contribution in [2.75, 3.05) is 20.3 Å². The fourth-order valence-corrected chi connectivity index (χ4v) is 2.91. The molecule has 0 radical (unpaired) electrons. The van der Waals surface area contributed by atoms with E-state index in [0.29, 0.717) is 6.61 Å². The molecule has 1 aromatic carbocycles. The Bertz CT molecular complexity index is 468. The molecule has 1 aromatic rings. The Labute approximate surface area is 130 Å². The van der Waals surface area contributed by atoms with Crippen LogP contribution in [0, 0.1) is 0 Å². The molecule has 0 saturated carbocycles. The molecule has 3 nitrogen and oxygen atoms in total. The molecule has 1 atom stereocenters. The van der Waals surface area contributed by atoms with E-state index in [-0.39, 0.29) is 11.6 Å². The molecule has 0 aliphatic carbocycles. The number of benzene rings is 1. The summed E-state index contributed by atoms with van der Waals surface area (Å²) in [6, 6.07) is 4.61. The van der Waals surface area contributed by atoms with Gasteiger partial charge in [0.15, 0.2) is 0 Å². The van der Waals surface area contributed by atoms with Crippen LogP contribution in [0.2, 0.25) is 0 Å². The van der Waals surface area contributed by atoms with Gasteiger partial charge < -0.3 is 14.8 Å². The molecule has 4 heteroatoms. The second-order valence-electron chi connectivity index (χ2n) is 6.26. The normalized spacial score (nSPS) is 15.8. The minimum Gasteiger partial charge on any atom is -0.493 e. The maximum Gasteiger partial charge on any atom is 0.125 e. The number of fused-ring (bicyclic) bond motifs is 1. The number of nitrogens with one attached hydrogen (secondary N) is 1. The third kappa shape index (κ3) is 4.21. The molecular formula is C16H24BrNO2. The average Bonchev–Trinajstić information content (AvgIpc) is 2.81. The Balaban J connectivity index is 2.08. The van der Waals surface area contributed by atoms with Crippen LogP contribution in [0.1, 0.15) is 31.9 Å². The second kappa shape index (κ2) is 6.46. The highest BCUT2D eigenvalue weighted by Crippen LogP contribution is 2.33. The van der Waals surface area contributed by atoms with Crippen molar-refractivity contribution in [3.8, 4) is 5.75 Å². The van der Waals surface area contributed by atoms with Crippen LogP contribution in [0.5, 0.6) is 5.75 Å². The Morgan fingerprint density at radius 2 is 2.15 bits per heavy atom. The molecule has 0 fully saturated rings. The standard InChI is InChI=1S/C16H24BrNO2/c1-16(2,3)20-10-14(18-4)9-12-8-13(17)7-11-5-6-19-15(11)12/h7-8,14,18H,5-6,9-10H2,1-4H3. The number of ether oxygens (including phenoxy) is 2. The molecule has 1 heterocycles. The van der Waals surface area contributed by atoms with E-state index in [2.05, 4.69) is 54.2 Å². The number of hydrogen-bond acceptors (Lipinski definition) is 3. The van der Waals surface area contributed by atoms with Crippen molar-refractivity contribution in [2.24, 2.45) is 0 Å². The first-order valence-electron chi connectivity index (χ1n) is 7.14. The number of halogens is 1. The maximum atomic E-state index is 5.89. The average molecular weight is 342 g/mol. The summed E-state index contributed by atoms with van der Waals surface area (Å²) in [5, 5.41) is 3.34. The minimum absolute atomic E-state index is 0.106. The van der Waals surface area contributed by atoms with E-state index in [9.17, 15) is 0 Å². The summed E-state index contributed by atoms with van der Waals surface area (Å²) in [6.45, 7) is 7.74. The van der Waals surface area contributed by atoms with Crippen molar-refractivity contribution in [2.45, 2.75) is 45.3 Å². The summed E-state index contributed by atoms with van der Waals surface area (Å²) in [6.07, 6.45) is 1.92. The molecule has 1 N–H and O–H groups in total. The highest BCUT2D eigenvalue weighted by molar-refractivity contribution is 9.10. The van der Waals surface area contributed by atoms with Crippen molar-refractivity contribution in [3.05, 3.63) is 27.7 Å². The van der Waals surface area contributed by atoms with Crippen LogP contribution >= 0.6 is 15.9 Å². The van der Waals surface area contributed by atoms with E-state index in [1.165, 1.54) is 11.1 Å². The Kier molecular flexibility index (Phi) is 5.10. The van der Waals surface area contributed by atoms with Gasteiger partial charge in [-0.1, -0.05) is 15.9 Å². The number of rotatable bonds is 5. The lowest BCUT2D eigenvalue weighted by Gasteiger charge is -2.25. The van der Waals surface area contributed by atoms with Crippen LogP contribution < -0.4 is 10.1 Å². The van der Waals surface area contributed by atoms with Crippen molar-refractivity contribution >= 4 is 15.9 Å². The van der Waals surface area contributed by atoms with Gasteiger partial charge in [-0.05, 0) is 57.5 Å². The van der Waals surface area contributed by atoms with E-state index in [0.717, 1.165) is 29.7 Å². The van der Waals surface area contributed by atoms with Gasteiger partial charge in [-0.25, -0.2) is 0 Å². The van der Waals surface area contributed by atoms with Crippen molar-refractivity contribution in [3.63, 3.8) is 0 Å². The SMILES string of the molecule is CNC(COC(C)(C)C)Cc1cc(Br)cc2c1OCC2. The van der Waals surface area contributed by atoms with Crippen molar-refractivity contribution < 1.29 is 9.47 Å². The Morgan fingerprint density at radius 1 is 1.40 bits per heavy atom. The van der Waals surface area contributed by atoms with Gasteiger partial charge in [0.2, 0.25) is 0 Å². The van der Waals surface area contributed by atoms with Gasteiger partial charge in [0, 0.05) is 16.9 Å². The van der Waals surface area contributed by atoms with Gasteiger partial charge in [0.05, 0.1) is 18.8 Å². The molecule has 112 valence electrons. The predicted octanol–water partition coefficient (Wildman–Crippen LogP) is 3.33. The van der Waals surface area contributed by atoms with Gasteiger partial charge in [0.1, 0.15) is 5.75 Å². The quantitative estimate of drug-likeness (QED) is 0.890. The van der Waals surface area contributed by atoms with Crippen LogP contribution in [0.4, 0.5) is 0 Å². The lowest BCUT2D eigenvalue weighted by atomic mass is 10.0. The Hall–Kier alpha value is -0.580. The van der Waals surface area contributed by atoms with Gasteiger partial charge >= 0.3 is 0 Å². The van der Waals surface area contributed by atoms with Crippen LogP contribution in [-0.4, -0.2) is 31.9 Å². The molecule has 0 saturated heterocycles. The summed E-state index contributed by atoms with van der Waals surface area (Å²) in [7, 11) is 1.98. The lowest BCUT2D eigenvalue weighted by Crippen LogP contribution is -2.36. The van der Waals surface area contributed by atoms with E-state index in [4.69, 9.17) is 9.47 Å². The highest BCUT2D eigenvalue weighted by Gasteiger charge is 2.21.